The van der Waals surface area contributed by atoms with Crippen molar-refractivity contribution in [1.82, 2.24) is 20.4 Å². The number of rotatable bonds is 10. The van der Waals surface area contributed by atoms with Crippen LogP contribution in [-0.2, 0) is 20.9 Å². The number of urea groups is 1. The third-order valence-electron chi connectivity index (χ3n) is 8.05. The highest BCUT2D eigenvalue weighted by Gasteiger charge is 2.26. The summed E-state index contributed by atoms with van der Waals surface area (Å²) >= 11 is 0. The van der Waals surface area contributed by atoms with Gasteiger partial charge in [0.2, 0.25) is 11.9 Å². The molecule has 1 heterocycles. The summed E-state index contributed by atoms with van der Waals surface area (Å²) in [6.07, 6.45) is 12.4. The van der Waals surface area contributed by atoms with Crippen molar-refractivity contribution < 1.29 is 23.9 Å². The number of nitrogens with one attached hydrogen (secondary N) is 2. The van der Waals surface area contributed by atoms with E-state index in [-0.39, 0.29) is 37.1 Å². The quantitative estimate of drug-likeness (QED) is 0.321. The lowest BCUT2D eigenvalue weighted by molar-refractivity contribution is -0.143. The normalized spacial score (nSPS) is 17.9. The smallest absolute Gasteiger partial charge is 0.325 e. The fraction of sp³-hybridized carbons (Fsp3) is 0.667. The third-order valence-corrected chi connectivity index (χ3v) is 8.05. The Labute approximate surface area is 237 Å². The topological polar surface area (TPSA) is 113 Å². The van der Waals surface area contributed by atoms with E-state index < -0.39 is 0 Å². The molecule has 1 aliphatic heterocycles. The van der Waals surface area contributed by atoms with E-state index in [1.165, 1.54) is 25.7 Å². The van der Waals surface area contributed by atoms with Crippen LogP contribution in [0.2, 0.25) is 0 Å². The second kappa shape index (κ2) is 14.9. The van der Waals surface area contributed by atoms with Gasteiger partial charge in [-0.3, -0.25) is 14.9 Å². The van der Waals surface area contributed by atoms with E-state index >= 15 is 0 Å². The zero-order valence-corrected chi connectivity index (χ0v) is 24.1. The molecule has 4 rings (SSSR count). The molecule has 0 atom stereocenters. The highest BCUT2D eigenvalue weighted by molar-refractivity contribution is 5.99. The Morgan fingerprint density at radius 1 is 1.05 bits per heavy atom. The summed E-state index contributed by atoms with van der Waals surface area (Å²) in [4.78, 5) is 46.0. The maximum absolute atomic E-state index is 12.7. The predicted octanol–water partition coefficient (Wildman–Crippen LogP) is 4.63. The number of nitrogens with zero attached hydrogens (tertiary/aromatic N) is 3. The molecule has 10 heteroatoms. The van der Waals surface area contributed by atoms with Gasteiger partial charge in [0.05, 0.1) is 18.9 Å². The number of benzene rings is 1. The van der Waals surface area contributed by atoms with Crippen LogP contribution in [0.4, 0.5) is 10.5 Å². The Kier molecular flexibility index (Phi) is 11.1. The van der Waals surface area contributed by atoms with E-state index in [0.29, 0.717) is 49.4 Å². The molecule has 0 aromatic heterocycles. The van der Waals surface area contributed by atoms with Crippen molar-refractivity contribution in [1.29, 1.82) is 0 Å². The van der Waals surface area contributed by atoms with Crippen LogP contribution in [0.15, 0.2) is 23.2 Å². The van der Waals surface area contributed by atoms with Gasteiger partial charge in [-0.1, -0.05) is 38.5 Å². The van der Waals surface area contributed by atoms with Crippen LogP contribution in [0.5, 0.6) is 5.75 Å². The van der Waals surface area contributed by atoms with Crippen LogP contribution in [-0.4, -0.2) is 72.6 Å². The van der Waals surface area contributed by atoms with E-state index in [4.69, 9.17) is 9.47 Å². The second-order valence-corrected chi connectivity index (χ2v) is 11.1. The predicted molar refractivity (Wildman–Crippen MR) is 153 cm³/mol. The molecular formula is C30H45N5O5. The Morgan fingerprint density at radius 2 is 1.77 bits per heavy atom. The summed E-state index contributed by atoms with van der Waals surface area (Å²) in [5.41, 5.74) is 1.60. The minimum Gasteiger partial charge on any atom is -0.494 e. The third kappa shape index (κ3) is 8.60. The zero-order valence-electron chi connectivity index (χ0n) is 24.1. The fourth-order valence-corrected chi connectivity index (χ4v) is 5.78. The van der Waals surface area contributed by atoms with Crippen LogP contribution < -0.4 is 15.4 Å². The minimum atomic E-state index is -0.386. The molecule has 40 heavy (non-hydrogen) atoms. The highest BCUT2D eigenvalue weighted by atomic mass is 16.5. The van der Waals surface area contributed by atoms with Gasteiger partial charge in [0, 0.05) is 37.7 Å². The summed E-state index contributed by atoms with van der Waals surface area (Å²) in [5, 5.41) is 5.89. The number of carbonyl (C=O) groups is 3. The summed E-state index contributed by atoms with van der Waals surface area (Å²) in [6, 6.07) is 5.83. The Bertz CT molecular complexity index is 1050. The molecule has 3 aliphatic rings. The average molecular weight is 556 g/mol. The Hall–Kier alpha value is -3.30. The van der Waals surface area contributed by atoms with Gasteiger partial charge in [-0.15, -0.1) is 0 Å². The molecule has 220 valence electrons. The maximum Gasteiger partial charge on any atom is 0.325 e. The van der Waals surface area contributed by atoms with Crippen molar-refractivity contribution in [2.45, 2.75) is 103 Å². The largest absolute Gasteiger partial charge is 0.494 e. The zero-order chi connectivity index (χ0) is 28.3. The molecule has 10 nitrogen and oxygen atoms in total. The SMILES string of the molecule is CCOC(=O)CN1Cc2cc(OCCCC(=O)N(C)C3CCCCC3)ccc2N=C1NC(=O)NC1CCCCC1. The monoisotopic (exact) mass is 555 g/mol. The van der Waals surface area contributed by atoms with Gasteiger partial charge in [-0.05, 0) is 57.2 Å². The van der Waals surface area contributed by atoms with Crippen molar-refractivity contribution in [2.24, 2.45) is 4.99 Å². The molecule has 3 amide bonds. The number of aliphatic imine (C=N–C) groups is 1. The first kappa shape index (κ1) is 29.7. The molecule has 1 aromatic carbocycles. The molecule has 0 bridgehead atoms. The maximum atomic E-state index is 12.7. The molecule has 2 N–H and O–H groups in total. The molecule has 0 spiro atoms. The number of carbonyl (C=O) groups excluding carboxylic acids is 3. The van der Waals surface area contributed by atoms with E-state index in [1.807, 2.05) is 30.1 Å². The first-order valence-corrected chi connectivity index (χ1v) is 15.0. The standard InChI is InChI=1S/C30H45N5O5/c1-3-39-28(37)21-35-20-22-19-25(40-18-10-15-27(36)34(2)24-13-8-5-9-14-24)16-17-26(22)32-29(35)33-30(38)31-23-11-6-4-7-12-23/h16-17,19,23-24H,3-15,18,20-21H2,1-2H3,(H2,31,32,33,38). The van der Waals surface area contributed by atoms with Crippen molar-refractivity contribution >= 4 is 29.6 Å². The van der Waals surface area contributed by atoms with E-state index in [1.54, 1.807) is 11.8 Å². The minimum absolute atomic E-state index is 0.0302. The molecule has 0 radical (unpaired) electrons. The van der Waals surface area contributed by atoms with Gasteiger partial charge in [-0.2, -0.15) is 0 Å². The van der Waals surface area contributed by atoms with Gasteiger partial charge in [0.15, 0.2) is 0 Å². The molecule has 2 saturated carbocycles. The van der Waals surface area contributed by atoms with Crippen molar-refractivity contribution in [3.8, 4) is 5.75 Å². The van der Waals surface area contributed by atoms with Gasteiger partial charge in [0.25, 0.3) is 0 Å². The molecule has 2 aliphatic carbocycles. The molecular weight excluding hydrogens is 510 g/mol. The summed E-state index contributed by atoms with van der Waals surface area (Å²) in [7, 11) is 1.92. The fourth-order valence-electron chi connectivity index (χ4n) is 5.78. The highest BCUT2D eigenvalue weighted by Crippen LogP contribution is 2.30. The second-order valence-electron chi connectivity index (χ2n) is 11.1. The molecule has 2 fully saturated rings. The van der Waals surface area contributed by atoms with Gasteiger partial charge in [0.1, 0.15) is 12.3 Å². The van der Waals surface area contributed by atoms with E-state index in [2.05, 4.69) is 15.6 Å². The van der Waals surface area contributed by atoms with Crippen LogP contribution in [0, 0.1) is 0 Å². The number of amides is 3. The summed E-state index contributed by atoms with van der Waals surface area (Å²) in [6.45, 7) is 2.82. The Morgan fingerprint density at radius 3 is 2.50 bits per heavy atom. The van der Waals surface area contributed by atoms with E-state index in [9.17, 15) is 14.4 Å². The van der Waals surface area contributed by atoms with Crippen molar-refractivity contribution in [3.05, 3.63) is 23.8 Å². The summed E-state index contributed by atoms with van der Waals surface area (Å²) < 4.78 is 11.1. The Balaban J connectivity index is 1.33. The lowest BCUT2D eigenvalue weighted by Crippen LogP contribution is -2.52. The van der Waals surface area contributed by atoms with Crippen LogP contribution in [0.1, 0.15) is 89.5 Å². The van der Waals surface area contributed by atoms with E-state index in [0.717, 1.165) is 44.1 Å². The first-order valence-electron chi connectivity index (χ1n) is 15.0. The van der Waals surface area contributed by atoms with Crippen LogP contribution in [0.3, 0.4) is 0 Å². The van der Waals surface area contributed by atoms with Crippen LogP contribution >= 0.6 is 0 Å². The van der Waals surface area contributed by atoms with Gasteiger partial charge >= 0.3 is 12.0 Å². The number of fused-ring (bicyclic) bond motifs is 1. The number of guanidine groups is 1. The first-order chi connectivity index (χ1) is 19.4. The van der Waals surface area contributed by atoms with Crippen molar-refractivity contribution in [3.63, 3.8) is 0 Å². The molecule has 0 saturated heterocycles. The van der Waals surface area contributed by atoms with Gasteiger partial charge < -0.3 is 24.6 Å². The molecule has 0 unspecified atom stereocenters. The van der Waals surface area contributed by atoms with Crippen molar-refractivity contribution in [2.75, 3.05) is 26.8 Å². The molecule has 1 aromatic rings. The number of esters is 1. The summed E-state index contributed by atoms with van der Waals surface area (Å²) in [5.74, 6) is 0.800. The van der Waals surface area contributed by atoms with Gasteiger partial charge in [-0.25, -0.2) is 9.79 Å². The lowest BCUT2D eigenvalue weighted by atomic mass is 9.94. The number of ether oxygens (including phenoxy) is 2. The lowest BCUT2D eigenvalue weighted by Gasteiger charge is -2.31. The number of hydrogen-bond acceptors (Lipinski definition) is 7. The van der Waals surface area contributed by atoms with Crippen LogP contribution in [0.25, 0.3) is 0 Å². The average Bonchev–Trinajstić information content (AvgIpc) is 2.96. The number of hydrogen-bond donors (Lipinski definition) is 2.